The Hall–Kier alpha value is -3.43. The highest BCUT2D eigenvalue weighted by atomic mass is 19.3. The van der Waals surface area contributed by atoms with Crippen LogP contribution in [0, 0.1) is 0 Å². The van der Waals surface area contributed by atoms with Crippen molar-refractivity contribution in [3.8, 4) is 23.0 Å². The predicted molar refractivity (Wildman–Crippen MR) is 103 cm³/mol. The van der Waals surface area contributed by atoms with Gasteiger partial charge in [-0.25, -0.2) is 0 Å². The zero-order valence-electron chi connectivity index (χ0n) is 16.3. The summed E-state index contributed by atoms with van der Waals surface area (Å²) in [5.74, 6) is -0.0469. The number of carbonyl (C=O) groups excluding carboxylic acids is 1. The number of hydrogen-bond acceptors (Lipinski definition) is 5. The van der Waals surface area contributed by atoms with Gasteiger partial charge >= 0.3 is 13.2 Å². The molecule has 0 fully saturated rings. The molecule has 0 radical (unpaired) electrons. The van der Waals surface area contributed by atoms with Gasteiger partial charge in [0.15, 0.2) is 11.5 Å². The molecule has 6 nitrogen and oxygen atoms in total. The van der Waals surface area contributed by atoms with Gasteiger partial charge in [-0.05, 0) is 42.8 Å². The molecule has 2 aromatic rings. The lowest BCUT2D eigenvalue weighted by molar-refractivity contribution is -0.117. The Kier molecular flexibility index (Phi) is 7.22. The van der Waals surface area contributed by atoms with Crippen LogP contribution >= 0.6 is 0 Å². The molecule has 0 saturated heterocycles. The summed E-state index contributed by atoms with van der Waals surface area (Å²) in [6, 6.07) is 8.19. The van der Waals surface area contributed by atoms with Crippen LogP contribution in [0.2, 0.25) is 0 Å². The first-order chi connectivity index (χ1) is 14.8. The normalized spacial score (nSPS) is 14.0. The molecule has 166 valence electrons. The molecular weight excluding hydrogens is 422 g/mol. The second-order valence-electron chi connectivity index (χ2n) is 6.42. The van der Waals surface area contributed by atoms with E-state index in [0.717, 1.165) is 23.8 Å². The lowest BCUT2D eigenvalue weighted by Crippen LogP contribution is -2.25. The molecule has 0 aromatic heterocycles. The number of carbonyl (C=O) groups is 1. The zero-order chi connectivity index (χ0) is 22.4. The Balaban J connectivity index is 1.68. The van der Waals surface area contributed by atoms with Crippen molar-refractivity contribution in [3.05, 3.63) is 53.6 Å². The molecule has 3 rings (SSSR count). The second kappa shape index (κ2) is 10.1. The van der Waals surface area contributed by atoms with Crippen molar-refractivity contribution in [2.75, 3.05) is 13.2 Å². The lowest BCUT2D eigenvalue weighted by atomic mass is 10.1. The molecule has 10 heteroatoms. The molecule has 1 atom stereocenters. The molecule has 0 bridgehead atoms. The lowest BCUT2D eigenvalue weighted by Gasteiger charge is -2.20. The van der Waals surface area contributed by atoms with E-state index in [1.807, 2.05) is 0 Å². The van der Waals surface area contributed by atoms with Crippen molar-refractivity contribution >= 4 is 12.0 Å². The highest BCUT2D eigenvalue weighted by molar-refractivity contribution is 5.92. The zero-order valence-corrected chi connectivity index (χ0v) is 16.3. The molecule has 0 aliphatic carbocycles. The Labute approximate surface area is 175 Å². The second-order valence-corrected chi connectivity index (χ2v) is 6.42. The van der Waals surface area contributed by atoms with Crippen LogP contribution in [0.25, 0.3) is 6.08 Å². The van der Waals surface area contributed by atoms with Crippen molar-refractivity contribution in [2.24, 2.45) is 0 Å². The largest absolute Gasteiger partial charge is 0.486 e. The summed E-state index contributed by atoms with van der Waals surface area (Å²) in [4.78, 5) is 12.3. The SMILES string of the molecule is CC(NC(=O)/C=C/c1ccc(OC(F)F)cc1OC(F)F)c1ccc2c(c1)OCCO2. The number of amides is 1. The third kappa shape index (κ3) is 6.27. The summed E-state index contributed by atoms with van der Waals surface area (Å²) >= 11 is 0. The quantitative estimate of drug-likeness (QED) is 0.481. The molecular formula is C21H19F4NO5. The summed E-state index contributed by atoms with van der Waals surface area (Å²) in [7, 11) is 0. The number of alkyl halides is 4. The van der Waals surface area contributed by atoms with Crippen LogP contribution in [0.15, 0.2) is 42.5 Å². The highest BCUT2D eigenvalue weighted by Crippen LogP contribution is 2.32. The van der Waals surface area contributed by atoms with Crippen molar-refractivity contribution in [2.45, 2.75) is 26.2 Å². The maximum Gasteiger partial charge on any atom is 0.387 e. The number of nitrogens with one attached hydrogen (secondary N) is 1. The van der Waals surface area contributed by atoms with Gasteiger partial charge in [-0.1, -0.05) is 6.07 Å². The maximum absolute atomic E-state index is 12.6. The molecule has 0 saturated carbocycles. The van der Waals surface area contributed by atoms with Crippen molar-refractivity contribution in [1.29, 1.82) is 0 Å². The fourth-order valence-electron chi connectivity index (χ4n) is 2.87. The van der Waals surface area contributed by atoms with E-state index in [1.165, 1.54) is 12.1 Å². The Bertz CT molecular complexity index is 951. The summed E-state index contributed by atoms with van der Waals surface area (Å²) in [6.45, 7) is -3.63. The van der Waals surface area contributed by atoms with Gasteiger partial charge in [-0.15, -0.1) is 0 Å². The molecule has 31 heavy (non-hydrogen) atoms. The first-order valence-electron chi connectivity index (χ1n) is 9.23. The van der Waals surface area contributed by atoms with Crippen LogP contribution in [0.5, 0.6) is 23.0 Å². The van der Waals surface area contributed by atoms with E-state index in [4.69, 9.17) is 9.47 Å². The number of benzene rings is 2. The fourth-order valence-corrected chi connectivity index (χ4v) is 2.87. The topological polar surface area (TPSA) is 66.0 Å². The Morgan fingerprint density at radius 1 is 1.00 bits per heavy atom. The molecule has 1 aliphatic heterocycles. The van der Waals surface area contributed by atoms with E-state index in [9.17, 15) is 22.4 Å². The average molecular weight is 441 g/mol. The van der Waals surface area contributed by atoms with E-state index in [1.54, 1.807) is 25.1 Å². The van der Waals surface area contributed by atoms with Crippen LogP contribution in [0.1, 0.15) is 24.1 Å². The van der Waals surface area contributed by atoms with E-state index < -0.39 is 24.9 Å². The first kappa shape index (κ1) is 22.3. The van der Waals surface area contributed by atoms with Crippen molar-refractivity contribution in [1.82, 2.24) is 5.32 Å². The molecule has 1 unspecified atom stereocenters. The summed E-state index contributed by atoms with van der Waals surface area (Å²) < 4.78 is 69.4. The van der Waals surface area contributed by atoms with E-state index in [2.05, 4.69) is 14.8 Å². The standard InChI is InChI=1S/C21H19F4NO5/c1-12(14-3-6-16-18(10-14)29-9-8-28-16)26-19(27)7-4-13-2-5-15(30-20(22)23)11-17(13)31-21(24)25/h2-7,10-12,20-21H,8-9H2,1H3,(H,26,27)/b7-4+. The molecule has 0 spiro atoms. The van der Waals surface area contributed by atoms with Gasteiger partial charge in [0.1, 0.15) is 24.7 Å². The third-order valence-electron chi connectivity index (χ3n) is 4.27. The van der Waals surface area contributed by atoms with E-state index in [-0.39, 0.29) is 17.4 Å². The first-order valence-corrected chi connectivity index (χ1v) is 9.23. The number of rotatable bonds is 8. The van der Waals surface area contributed by atoms with Crippen molar-refractivity contribution < 1.29 is 41.3 Å². The van der Waals surface area contributed by atoms with Crippen LogP contribution in [-0.2, 0) is 4.79 Å². The van der Waals surface area contributed by atoms with E-state index >= 15 is 0 Å². The minimum Gasteiger partial charge on any atom is -0.486 e. The minimum atomic E-state index is -3.18. The van der Waals surface area contributed by atoms with Gasteiger partial charge in [-0.3, -0.25) is 4.79 Å². The average Bonchev–Trinajstić information content (AvgIpc) is 2.72. The monoisotopic (exact) mass is 441 g/mol. The highest BCUT2D eigenvalue weighted by Gasteiger charge is 2.16. The van der Waals surface area contributed by atoms with Gasteiger partial charge in [0.25, 0.3) is 0 Å². The van der Waals surface area contributed by atoms with Crippen LogP contribution in [0.3, 0.4) is 0 Å². The summed E-state index contributed by atoms with van der Waals surface area (Å²) in [5.41, 5.74) is 0.866. The maximum atomic E-state index is 12.6. The van der Waals surface area contributed by atoms with E-state index in [0.29, 0.717) is 24.7 Å². The molecule has 1 aliphatic rings. The van der Waals surface area contributed by atoms with Gasteiger partial charge in [-0.2, -0.15) is 17.6 Å². The number of hydrogen-bond donors (Lipinski definition) is 1. The number of ether oxygens (including phenoxy) is 4. The van der Waals surface area contributed by atoms with Gasteiger partial charge in [0.2, 0.25) is 5.91 Å². The third-order valence-corrected chi connectivity index (χ3v) is 4.27. The molecule has 1 amide bonds. The van der Waals surface area contributed by atoms with Crippen LogP contribution in [0.4, 0.5) is 17.6 Å². The fraction of sp³-hybridized carbons (Fsp3) is 0.286. The minimum absolute atomic E-state index is 0.0871. The van der Waals surface area contributed by atoms with Gasteiger partial charge in [0, 0.05) is 17.7 Å². The predicted octanol–water partition coefficient (Wildman–Crippen LogP) is 4.55. The Morgan fingerprint density at radius 2 is 1.71 bits per heavy atom. The van der Waals surface area contributed by atoms with Crippen molar-refractivity contribution in [3.63, 3.8) is 0 Å². The van der Waals surface area contributed by atoms with Crippen LogP contribution in [-0.4, -0.2) is 32.3 Å². The summed E-state index contributed by atoms with van der Waals surface area (Å²) in [6.07, 6.45) is 2.35. The molecule has 1 N–H and O–H groups in total. The Morgan fingerprint density at radius 3 is 2.42 bits per heavy atom. The van der Waals surface area contributed by atoms with Crippen LogP contribution < -0.4 is 24.3 Å². The summed E-state index contributed by atoms with van der Waals surface area (Å²) in [5, 5.41) is 2.74. The number of fused-ring (bicyclic) bond motifs is 1. The smallest absolute Gasteiger partial charge is 0.387 e. The van der Waals surface area contributed by atoms with Gasteiger partial charge in [0.05, 0.1) is 6.04 Å². The molecule has 1 heterocycles. The molecule has 2 aromatic carbocycles. The number of halogens is 4. The van der Waals surface area contributed by atoms with Gasteiger partial charge < -0.3 is 24.3 Å².